The van der Waals surface area contributed by atoms with Crippen LogP contribution in [-0.4, -0.2) is 80.0 Å². The molecule has 9 heteroatoms. The second-order valence-corrected chi connectivity index (χ2v) is 10.9. The summed E-state index contributed by atoms with van der Waals surface area (Å²) in [5.74, 6) is 1.05. The fraction of sp³-hybridized carbons (Fsp3) is 0.857. The number of unbranched alkanes of at least 4 members (excludes halogenated alkanes) is 4. The molecule has 0 atom stereocenters. The van der Waals surface area contributed by atoms with Crippen LogP contribution in [0.4, 0.5) is 0 Å². The summed E-state index contributed by atoms with van der Waals surface area (Å²) in [5.41, 5.74) is 0. The third-order valence-electron chi connectivity index (χ3n) is 4.47. The molecule has 37 heavy (non-hydrogen) atoms. The van der Waals surface area contributed by atoms with Gasteiger partial charge in [-0.3, -0.25) is 15.0 Å². The van der Waals surface area contributed by atoms with Gasteiger partial charge in [0.25, 0.3) is 0 Å². The third-order valence-corrected chi connectivity index (χ3v) is 5.11. The van der Waals surface area contributed by atoms with Crippen LogP contribution in [0.2, 0.25) is 0 Å². The first kappa shape index (κ1) is 37.3. The molecule has 0 unspecified atom stereocenters. The van der Waals surface area contributed by atoms with Crippen molar-refractivity contribution in [2.24, 2.45) is 25.0 Å². The van der Waals surface area contributed by atoms with E-state index in [1.165, 1.54) is 12.8 Å². The molecule has 0 aliphatic carbocycles. The van der Waals surface area contributed by atoms with E-state index in [0.717, 1.165) is 62.9 Å². The Morgan fingerprint density at radius 2 is 1.46 bits per heavy atom. The third kappa shape index (κ3) is 34.1. The van der Waals surface area contributed by atoms with Crippen molar-refractivity contribution < 1.29 is 0 Å². The fourth-order valence-electron chi connectivity index (χ4n) is 2.76. The van der Waals surface area contributed by atoms with Gasteiger partial charge in [-0.05, 0) is 107 Å². The van der Waals surface area contributed by atoms with Crippen LogP contribution in [0.15, 0.2) is 25.0 Å². The Morgan fingerprint density at radius 1 is 0.811 bits per heavy atom. The van der Waals surface area contributed by atoms with Gasteiger partial charge >= 0.3 is 0 Å². The molecule has 0 saturated carbocycles. The van der Waals surface area contributed by atoms with E-state index in [0.29, 0.717) is 24.2 Å². The maximum Gasteiger partial charge on any atom is 0.156 e. The first-order chi connectivity index (χ1) is 17.6. The van der Waals surface area contributed by atoms with Crippen LogP contribution in [-0.2, 0) is 0 Å². The van der Waals surface area contributed by atoms with Crippen LogP contribution < -0.4 is 16.0 Å². The van der Waals surface area contributed by atoms with E-state index >= 15 is 0 Å². The zero-order valence-electron chi connectivity index (χ0n) is 25.6. The number of thioether (sulfide) groups is 1. The van der Waals surface area contributed by atoms with Crippen molar-refractivity contribution in [2.75, 3.05) is 32.4 Å². The van der Waals surface area contributed by atoms with E-state index < -0.39 is 0 Å². The Kier molecular flexibility index (Phi) is 27.4. The monoisotopic (exact) mass is 538 g/mol. The highest BCUT2D eigenvalue weighted by molar-refractivity contribution is 8.13. The van der Waals surface area contributed by atoms with Gasteiger partial charge in [-0.15, -0.1) is 0 Å². The lowest BCUT2D eigenvalue weighted by Gasteiger charge is -2.10. The van der Waals surface area contributed by atoms with Crippen LogP contribution in [0.3, 0.4) is 0 Å². The van der Waals surface area contributed by atoms with E-state index in [-0.39, 0.29) is 0 Å². The predicted molar refractivity (Wildman–Crippen MR) is 170 cm³/mol. The molecule has 0 aromatic rings. The van der Waals surface area contributed by atoms with E-state index in [2.05, 4.69) is 94.7 Å². The molecule has 0 aliphatic heterocycles. The lowest BCUT2D eigenvalue weighted by molar-refractivity contribution is 0.665. The van der Waals surface area contributed by atoms with Gasteiger partial charge in [0.2, 0.25) is 0 Å². The minimum Gasteiger partial charge on any atom is -0.374 e. The first-order valence-electron chi connectivity index (χ1n) is 14.1. The van der Waals surface area contributed by atoms with E-state index in [9.17, 15) is 0 Å². The summed E-state index contributed by atoms with van der Waals surface area (Å²) in [7, 11) is 0. The van der Waals surface area contributed by atoms with Crippen molar-refractivity contribution in [3.63, 3.8) is 0 Å². The zero-order chi connectivity index (χ0) is 28.3. The van der Waals surface area contributed by atoms with Crippen molar-refractivity contribution >= 4 is 35.1 Å². The molecule has 216 valence electrons. The summed E-state index contributed by atoms with van der Waals surface area (Å²) in [5, 5.41) is 10.9. The lowest BCUT2D eigenvalue weighted by Crippen LogP contribution is -2.28. The molecule has 0 aromatic carbocycles. The molecule has 0 amide bonds. The highest BCUT2D eigenvalue weighted by atomic mass is 32.2. The summed E-state index contributed by atoms with van der Waals surface area (Å²) in [6.07, 6.45) is 10.8. The quantitative estimate of drug-likeness (QED) is 0.119. The highest BCUT2D eigenvalue weighted by Crippen LogP contribution is 2.00. The summed E-state index contributed by atoms with van der Waals surface area (Å²) >= 11 is 1.69. The van der Waals surface area contributed by atoms with Gasteiger partial charge in [0, 0.05) is 44.3 Å². The number of nitrogens with zero attached hydrogens (tertiary/aromatic N) is 5. The number of hydrogen-bond donors (Lipinski definition) is 3. The lowest BCUT2D eigenvalue weighted by atomic mass is 10.2. The first-order valence-corrected chi connectivity index (χ1v) is 15.3. The van der Waals surface area contributed by atoms with Gasteiger partial charge in [-0.1, -0.05) is 11.8 Å². The van der Waals surface area contributed by atoms with Crippen LogP contribution in [0.25, 0.3) is 0 Å². The molecule has 0 bridgehead atoms. The minimum absolute atomic E-state index is 0.293. The Hall–Kier alpha value is -1.86. The minimum atomic E-state index is 0.293. The van der Waals surface area contributed by atoms with E-state index in [4.69, 9.17) is 0 Å². The summed E-state index contributed by atoms with van der Waals surface area (Å²) in [6, 6.07) is 4.30. The molecule has 3 N–H and O–H groups in total. The van der Waals surface area contributed by atoms with Crippen LogP contribution in [0.1, 0.15) is 101 Å². The number of amidine groups is 2. The summed E-state index contributed by atoms with van der Waals surface area (Å²) < 4.78 is 0. The van der Waals surface area contributed by atoms with Crippen molar-refractivity contribution in [3.8, 4) is 0 Å². The van der Waals surface area contributed by atoms with E-state index in [1.807, 2.05) is 20.8 Å². The average Bonchev–Trinajstić information content (AvgIpc) is 2.80. The Morgan fingerprint density at radius 3 is 2.05 bits per heavy atom. The van der Waals surface area contributed by atoms with Crippen molar-refractivity contribution in [1.82, 2.24) is 16.0 Å². The van der Waals surface area contributed by atoms with E-state index in [1.54, 1.807) is 18.1 Å². The number of aliphatic imine (C=N–C) groups is 5. The smallest absolute Gasteiger partial charge is 0.156 e. The molecule has 0 aromatic heterocycles. The molecule has 0 radical (unpaired) electrons. The van der Waals surface area contributed by atoms with Gasteiger partial charge in [-0.25, -0.2) is 9.98 Å². The second kappa shape index (κ2) is 27.2. The standard InChI is InChI=1S/C15H32N4S.C13H26N4/c1-12(2)18-14(5)16-10-8-7-9-11-17-15(20-6)19-13(3)4;1-12(2)16-10-14-8-6-5-7-9-15-11-17-13(3)4/h12-13H,7-11H2,1-6H3,(H,16,18)(H,17,19);10,12-13H,5-9H2,1-4H3,(H,14,16). The van der Waals surface area contributed by atoms with Crippen molar-refractivity contribution in [1.29, 1.82) is 0 Å². The molecule has 0 rings (SSSR count). The second-order valence-electron chi connectivity index (χ2n) is 10.1. The molecule has 8 nitrogen and oxygen atoms in total. The van der Waals surface area contributed by atoms with Crippen molar-refractivity contribution in [2.45, 2.75) is 125 Å². The average molecular weight is 539 g/mol. The topological polar surface area (TPSA) is 97.9 Å². The maximum atomic E-state index is 4.58. The molecular weight excluding hydrogens is 480 g/mol. The molecule has 0 saturated heterocycles. The molecule has 0 aliphatic rings. The fourth-order valence-corrected chi connectivity index (χ4v) is 3.33. The Bertz CT molecular complexity index is 663. The van der Waals surface area contributed by atoms with Crippen LogP contribution in [0, 0.1) is 0 Å². The number of rotatable bonds is 17. The van der Waals surface area contributed by atoms with Gasteiger partial charge in [0.15, 0.2) is 5.17 Å². The molecule has 0 heterocycles. The Labute approximate surface area is 233 Å². The summed E-state index contributed by atoms with van der Waals surface area (Å²) in [4.78, 5) is 21.4. The number of nitrogens with one attached hydrogen (secondary N) is 3. The van der Waals surface area contributed by atoms with Crippen LogP contribution >= 0.6 is 11.8 Å². The Balaban J connectivity index is 0. The van der Waals surface area contributed by atoms with Gasteiger partial charge in [-0.2, -0.15) is 0 Å². The van der Waals surface area contributed by atoms with Gasteiger partial charge in [0.1, 0.15) is 0 Å². The normalized spacial score (nSPS) is 12.2. The van der Waals surface area contributed by atoms with Crippen LogP contribution in [0.5, 0.6) is 0 Å². The largest absolute Gasteiger partial charge is 0.374 e. The summed E-state index contributed by atoms with van der Waals surface area (Å²) in [6.45, 7) is 22.4. The van der Waals surface area contributed by atoms with Gasteiger partial charge in [0.05, 0.1) is 24.2 Å². The van der Waals surface area contributed by atoms with Crippen molar-refractivity contribution in [3.05, 3.63) is 0 Å². The zero-order valence-corrected chi connectivity index (χ0v) is 26.4. The molecular formula is C28H58N8S. The highest BCUT2D eigenvalue weighted by Gasteiger charge is 1.98. The van der Waals surface area contributed by atoms with Gasteiger partial charge < -0.3 is 16.0 Å². The maximum absolute atomic E-state index is 4.58. The SMILES string of the molecule is CC(C)N=C=NCCCCCN=CNC(C)C.CSC(=NCCCCCNC(C)=NC(C)C)NC(C)C. The predicted octanol–water partition coefficient (Wildman–Crippen LogP) is 6.06. The molecule has 0 fully saturated rings. The number of hydrogen-bond acceptors (Lipinski definition) is 6. The molecule has 0 spiro atoms.